The Morgan fingerprint density at radius 2 is 1.77 bits per heavy atom. The van der Waals surface area contributed by atoms with Gasteiger partial charge in [0.1, 0.15) is 15.7 Å². The fraction of sp³-hybridized carbons (Fsp3) is 0.577. The Hall–Kier alpha value is -2.93. The van der Waals surface area contributed by atoms with Crippen LogP contribution in [0, 0.1) is 12.8 Å². The predicted octanol–water partition coefficient (Wildman–Crippen LogP) is 3.84. The van der Waals surface area contributed by atoms with Crippen LogP contribution in [0.5, 0.6) is 0 Å². The molecule has 0 atom stereocenters. The average molecular weight is 564 g/mol. The number of piperidine rings is 1. The molecular formula is C26H32F3N7O2S. The van der Waals surface area contributed by atoms with Gasteiger partial charge in [-0.2, -0.15) is 28.2 Å². The number of halogens is 3. The molecule has 1 aromatic carbocycles. The average Bonchev–Trinajstić information content (AvgIpc) is 3.50. The van der Waals surface area contributed by atoms with Crippen molar-refractivity contribution >= 4 is 32.6 Å². The third-order valence-corrected chi connectivity index (χ3v) is 10.3. The van der Waals surface area contributed by atoms with Gasteiger partial charge in [0, 0.05) is 24.7 Å². The van der Waals surface area contributed by atoms with Gasteiger partial charge < -0.3 is 16.0 Å². The van der Waals surface area contributed by atoms with Crippen molar-refractivity contribution in [3.63, 3.8) is 0 Å². The molecule has 1 saturated carbocycles. The molecule has 0 bridgehead atoms. The molecule has 6 rings (SSSR count). The Labute approximate surface area is 224 Å². The molecule has 210 valence electrons. The van der Waals surface area contributed by atoms with Crippen molar-refractivity contribution in [1.29, 1.82) is 0 Å². The molecule has 0 radical (unpaired) electrons. The summed E-state index contributed by atoms with van der Waals surface area (Å²) in [5.41, 5.74) is 6.45. The van der Waals surface area contributed by atoms with E-state index in [0.717, 1.165) is 44.8 Å². The quantitative estimate of drug-likeness (QED) is 0.481. The highest BCUT2D eigenvalue weighted by Crippen LogP contribution is 2.45. The summed E-state index contributed by atoms with van der Waals surface area (Å²) in [7, 11) is -3.04. The second kappa shape index (κ2) is 9.33. The van der Waals surface area contributed by atoms with Crippen LogP contribution in [0.4, 0.5) is 24.9 Å². The Bertz CT molecular complexity index is 1500. The highest BCUT2D eigenvalue weighted by atomic mass is 32.2. The van der Waals surface area contributed by atoms with E-state index in [9.17, 15) is 21.6 Å². The Balaban J connectivity index is 1.39. The first-order valence-electron chi connectivity index (χ1n) is 13.4. The summed E-state index contributed by atoms with van der Waals surface area (Å²) in [4.78, 5) is 11.7. The zero-order valence-corrected chi connectivity index (χ0v) is 22.5. The summed E-state index contributed by atoms with van der Waals surface area (Å²) in [6.07, 6.45) is 1.98. The van der Waals surface area contributed by atoms with Crippen LogP contribution in [0.15, 0.2) is 24.4 Å². The largest absolute Gasteiger partial charge is 0.416 e. The van der Waals surface area contributed by atoms with E-state index in [-0.39, 0.29) is 34.3 Å². The molecule has 3 aromatic rings. The van der Waals surface area contributed by atoms with Crippen molar-refractivity contribution in [2.24, 2.45) is 11.7 Å². The van der Waals surface area contributed by atoms with Gasteiger partial charge in [-0.25, -0.2) is 13.1 Å². The Morgan fingerprint density at radius 3 is 2.41 bits per heavy atom. The summed E-state index contributed by atoms with van der Waals surface area (Å²) < 4.78 is 66.3. The van der Waals surface area contributed by atoms with Crippen LogP contribution in [0.3, 0.4) is 0 Å². The van der Waals surface area contributed by atoms with Crippen molar-refractivity contribution in [3.8, 4) is 5.69 Å². The molecule has 3 fully saturated rings. The number of benzene rings is 1. The van der Waals surface area contributed by atoms with Gasteiger partial charge in [-0.05, 0) is 69.1 Å². The summed E-state index contributed by atoms with van der Waals surface area (Å²) >= 11 is 0. The molecule has 0 spiro atoms. The number of rotatable bonds is 5. The minimum Gasteiger partial charge on any atom is -0.356 e. The maximum Gasteiger partial charge on any atom is 0.416 e. The van der Waals surface area contributed by atoms with Gasteiger partial charge in [0.2, 0.25) is 5.95 Å². The van der Waals surface area contributed by atoms with E-state index >= 15 is 0 Å². The number of fused-ring (bicyclic) bond motifs is 1. The minimum absolute atomic E-state index is 0.0486. The normalized spacial score (nSPS) is 21.8. The summed E-state index contributed by atoms with van der Waals surface area (Å²) in [6, 6.07) is 3.90. The number of sulfone groups is 1. The number of nitrogens with zero attached hydrogens (tertiary/aromatic N) is 5. The first-order chi connectivity index (χ1) is 18.4. The van der Waals surface area contributed by atoms with Gasteiger partial charge in [-0.3, -0.25) is 0 Å². The lowest BCUT2D eigenvalue weighted by Gasteiger charge is -2.36. The van der Waals surface area contributed by atoms with Crippen LogP contribution in [0.2, 0.25) is 0 Å². The van der Waals surface area contributed by atoms with Gasteiger partial charge in [-0.1, -0.05) is 6.07 Å². The Kier molecular flexibility index (Phi) is 6.29. The lowest BCUT2D eigenvalue weighted by molar-refractivity contribution is -0.138. The maximum absolute atomic E-state index is 13.7. The van der Waals surface area contributed by atoms with Crippen molar-refractivity contribution < 1.29 is 21.6 Å². The first-order valence-corrected chi connectivity index (χ1v) is 15.2. The summed E-state index contributed by atoms with van der Waals surface area (Å²) in [5, 5.41) is 8.42. The molecule has 1 aliphatic carbocycles. The lowest BCUT2D eigenvalue weighted by Crippen LogP contribution is -2.42. The molecular weight excluding hydrogens is 531 g/mol. The number of nitrogens with two attached hydrogens (primary N) is 1. The molecule has 3 aliphatic rings. The molecule has 0 unspecified atom stereocenters. The molecule has 39 heavy (non-hydrogen) atoms. The number of hydrogen-bond donors (Lipinski definition) is 2. The van der Waals surface area contributed by atoms with Crippen LogP contribution < -0.4 is 16.0 Å². The van der Waals surface area contributed by atoms with E-state index in [2.05, 4.69) is 15.3 Å². The molecule has 13 heteroatoms. The maximum atomic E-state index is 13.7. The molecule has 2 aromatic heterocycles. The standard InChI is InChI=1S/C26H32F3N7O2S/c1-16-20(26(27,28)29)3-2-4-21(16)36-23-19(15-31-36)22(35-11-5-17(6-12-35)25(30)9-10-25)33-24(34-23)32-18-7-13-39(37,38)14-8-18/h2-4,15,17-18H,5-14,30H2,1H3,(H,32,33,34). The summed E-state index contributed by atoms with van der Waals surface area (Å²) in [5.74, 6) is 1.63. The second-order valence-corrected chi connectivity index (χ2v) is 13.5. The molecule has 0 amide bonds. The third kappa shape index (κ3) is 5.06. The molecule has 2 saturated heterocycles. The number of nitrogens with one attached hydrogen (secondary N) is 1. The topological polar surface area (TPSA) is 119 Å². The number of hydrogen-bond acceptors (Lipinski definition) is 8. The van der Waals surface area contributed by atoms with E-state index in [4.69, 9.17) is 15.7 Å². The van der Waals surface area contributed by atoms with Crippen LogP contribution in [-0.2, 0) is 16.0 Å². The van der Waals surface area contributed by atoms with E-state index in [1.807, 2.05) is 0 Å². The van der Waals surface area contributed by atoms with Gasteiger partial charge in [0.05, 0.1) is 34.3 Å². The predicted molar refractivity (Wildman–Crippen MR) is 143 cm³/mol. The molecule has 4 heterocycles. The SMILES string of the molecule is Cc1c(-n2ncc3c(N4CCC(C5(N)CC5)CC4)nc(NC4CCS(=O)(=O)CC4)nc32)cccc1C(F)(F)F. The fourth-order valence-electron chi connectivity index (χ4n) is 5.97. The van der Waals surface area contributed by atoms with Crippen LogP contribution >= 0.6 is 0 Å². The number of aromatic nitrogens is 4. The smallest absolute Gasteiger partial charge is 0.356 e. The van der Waals surface area contributed by atoms with Gasteiger partial charge >= 0.3 is 6.18 Å². The molecule has 3 N–H and O–H groups in total. The van der Waals surface area contributed by atoms with Gasteiger partial charge in [-0.15, -0.1) is 0 Å². The van der Waals surface area contributed by atoms with Crippen molar-refractivity contribution in [3.05, 3.63) is 35.5 Å². The van der Waals surface area contributed by atoms with E-state index in [0.29, 0.717) is 41.6 Å². The van der Waals surface area contributed by atoms with E-state index < -0.39 is 21.6 Å². The van der Waals surface area contributed by atoms with Crippen LogP contribution in [0.25, 0.3) is 16.7 Å². The van der Waals surface area contributed by atoms with Crippen molar-refractivity contribution in [2.75, 3.05) is 34.8 Å². The molecule has 2 aliphatic heterocycles. The fourth-order valence-corrected chi connectivity index (χ4v) is 7.46. The van der Waals surface area contributed by atoms with Crippen LogP contribution in [0.1, 0.15) is 49.7 Å². The summed E-state index contributed by atoms with van der Waals surface area (Å²) in [6.45, 7) is 2.94. The lowest BCUT2D eigenvalue weighted by atomic mass is 9.88. The zero-order valence-electron chi connectivity index (χ0n) is 21.7. The third-order valence-electron chi connectivity index (χ3n) is 8.57. The first kappa shape index (κ1) is 26.3. The Morgan fingerprint density at radius 1 is 1.08 bits per heavy atom. The minimum atomic E-state index is -4.50. The van der Waals surface area contributed by atoms with E-state index in [1.165, 1.54) is 17.7 Å². The van der Waals surface area contributed by atoms with Crippen molar-refractivity contribution in [1.82, 2.24) is 19.7 Å². The highest BCUT2D eigenvalue weighted by Gasteiger charge is 2.46. The zero-order chi connectivity index (χ0) is 27.6. The molecule has 9 nitrogen and oxygen atoms in total. The van der Waals surface area contributed by atoms with Crippen molar-refractivity contribution in [2.45, 2.75) is 63.2 Å². The number of alkyl halides is 3. The highest BCUT2D eigenvalue weighted by molar-refractivity contribution is 7.91. The van der Waals surface area contributed by atoms with Crippen LogP contribution in [-0.4, -0.2) is 64.3 Å². The van der Waals surface area contributed by atoms with E-state index in [1.54, 1.807) is 12.3 Å². The van der Waals surface area contributed by atoms with Gasteiger partial charge in [0.15, 0.2) is 5.65 Å². The number of anilines is 2. The second-order valence-electron chi connectivity index (χ2n) is 11.2. The van der Waals surface area contributed by atoms with Gasteiger partial charge in [0.25, 0.3) is 0 Å². The monoisotopic (exact) mass is 563 g/mol.